The van der Waals surface area contributed by atoms with Crippen molar-refractivity contribution >= 4 is 23.3 Å². The molecule has 1 amide bonds. The maximum atomic E-state index is 12.0. The number of nitrogens with one attached hydrogen (secondary N) is 1. The van der Waals surface area contributed by atoms with Gasteiger partial charge in [-0.1, -0.05) is 11.6 Å². The zero-order chi connectivity index (χ0) is 14.4. The summed E-state index contributed by atoms with van der Waals surface area (Å²) in [5.74, 6) is 0.666. The summed E-state index contributed by atoms with van der Waals surface area (Å²) in [5, 5.41) is 3.46. The fourth-order valence-electron chi connectivity index (χ4n) is 2.16. The third-order valence-corrected chi connectivity index (χ3v) is 3.52. The highest BCUT2D eigenvalue weighted by atomic mass is 35.5. The van der Waals surface area contributed by atoms with Gasteiger partial charge in [0.05, 0.1) is 13.3 Å². The standard InChI is InChI=1S/C13H19ClN4O2/c1-20-13-16-9-10(14)12(17-13)15-6-5-11(19)18-7-3-2-4-8-18/h9H,2-8H2,1H3,(H,15,16,17). The molecule has 0 radical (unpaired) electrons. The normalized spacial score (nSPS) is 15.0. The molecule has 2 rings (SSSR count). The molecule has 1 aromatic heterocycles. The van der Waals surface area contributed by atoms with Crippen LogP contribution in [0.5, 0.6) is 6.01 Å². The minimum Gasteiger partial charge on any atom is -0.467 e. The van der Waals surface area contributed by atoms with E-state index in [9.17, 15) is 4.79 Å². The number of amides is 1. The van der Waals surface area contributed by atoms with Crippen LogP contribution in [0.2, 0.25) is 5.02 Å². The Labute approximate surface area is 123 Å². The fourth-order valence-corrected chi connectivity index (χ4v) is 2.32. The Hall–Kier alpha value is -1.56. The number of nitrogens with zero attached hydrogens (tertiary/aromatic N) is 3. The van der Waals surface area contributed by atoms with Gasteiger partial charge in [-0.15, -0.1) is 0 Å². The SMILES string of the molecule is COc1ncc(Cl)c(NCCC(=O)N2CCCCC2)n1. The van der Waals surface area contributed by atoms with Gasteiger partial charge in [0, 0.05) is 26.1 Å². The van der Waals surface area contributed by atoms with Crippen molar-refractivity contribution in [3.8, 4) is 6.01 Å². The number of halogens is 1. The second-order valence-electron chi connectivity index (χ2n) is 4.67. The third kappa shape index (κ3) is 3.96. The molecule has 6 nitrogen and oxygen atoms in total. The van der Waals surface area contributed by atoms with Crippen LogP contribution >= 0.6 is 11.6 Å². The third-order valence-electron chi connectivity index (χ3n) is 3.24. The molecule has 20 heavy (non-hydrogen) atoms. The van der Waals surface area contributed by atoms with E-state index in [1.807, 2.05) is 4.90 Å². The number of ether oxygens (including phenoxy) is 1. The van der Waals surface area contributed by atoms with Crippen LogP contribution in [-0.2, 0) is 4.79 Å². The van der Waals surface area contributed by atoms with Crippen molar-refractivity contribution in [1.82, 2.24) is 14.9 Å². The molecule has 1 aliphatic rings. The van der Waals surface area contributed by atoms with Crippen LogP contribution < -0.4 is 10.1 Å². The van der Waals surface area contributed by atoms with Gasteiger partial charge >= 0.3 is 6.01 Å². The molecule has 0 saturated carbocycles. The van der Waals surface area contributed by atoms with Crippen LogP contribution in [0.15, 0.2) is 6.20 Å². The molecule has 110 valence electrons. The Bertz CT molecular complexity index is 464. The lowest BCUT2D eigenvalue weighted by Crippen LogP contribution is -2.36. The first kappa shape index (κ1) is 14.8. The molecular weight excluding hydrogens is 280 g/mol. The highest BCUT2D eigenvalue weighted by Gasteiger charge is 2.16. The van der Waals surface area contributed by atoms with Crippen molar-refractivity contribution < 1.29 is 9.53 Å². The highest BCUT2D eigenvalue weighted by molar-refractivity contribution is 6.32. The minimum atomic E-state index is 0.175. The maximum Gasteiger partial charge on any atom is 0.318 e. The Morgan fingerprint density at radius 3 is 2.90 bits per heavy atom. The van der Waals surface area contributed by atoms with E-state index >= 15 is 0 Å². The highest BCUT2D eigenvalue weighted by Crippen LogP contribution is 2.20. The zero-order valence-corrected chi connectivity index (χ0v) is 12.3. The molecule has 2 heterocycles. The molecule has 0 atom stereocenters. The van der Waals surface area contributed by atoms with Crippen LogP contribution in [-0.4, -0.2) is 47.5 Å². The Balaban J connectivity index is 1.81. The number of piperidine rings is 1. The largest absolute Gasteiger partial charge is 0.467 e. The lowest BCUT2D eigenvalue weighted by atomic mass is 10.1. The predicted molar refractivity (Wildman–Crippen MR) is 77.1 cm³/mol. The van der Waals surface area contributed by atoms with Gasteiger partial charge in [0.25, 0.3) is 0 Å². The number of carbonyl (C=O) groups is 1. The molecule has 1 aliphatic heterocycles. The number of carbonyl (C=O) groups excluding carboxylic acids is 1. The lowest BCUT2D eigenvalue weighted by molar-refractivity contribution is -0.131. The van der Waals surface area contributed by atoms with Gasteiger partial charge < -0.3 is 15.0 Å². The van der Waals surface area contributed by atoms with Crippen molar-refractivity contribution in [2.24, 2.45) is 0 Å². The van der Waals surface area contributed by atoms with Crippen LogP contribution in [0, 0.1) is 0 Å². The second-order valence-corrected chi connectivity index (χ2v) is 5.08. The van der Waals surface area contributed by atoms with E-state index in [4.69, 9.17) is 16.3 Å². The summed E-state index contributed by atoms with van der Waals surface area (Å²) < 4.78 is 4.94. The number of anilines is 1. The van der Waals surface area contributed by atoms with Crippen LogP contribution in [0.25, 0.3) is 0 Å². The topological polar surface area (TPSA) is 67.3 Å². The Morgan fingerprint density at radius 2 is 2.20 bits per heavy atom. The first-order valence-corrected chi connectivity index (χ1v) is 7.16. The number of methoxy groups -OCH3 is 1. The number of hydrogen-bond donors (Lipinski definition) is 1. The average Bonchev–Trinajstić information content (AvgIpc) is 2.50. The van der Waals surface area contributed by atoms with Gasteiger partial charge in [0.15, 0.2) is 5.82 Å². The molecule has 1 N–H and O–H groups in total. The molecule has 7 heteroatoms. The van der Waals surface area contributed by atoms with Gasteiger partial charge in [-0.25, -0.2) is 4.98 Å². The number of likely N-dealkylation sites (tertiary alicyclic amines) is 1. The first-order valence-electron chi connectivity index (χ1n) is 6.79. The molecule has 0 aromatic carbocycles. The molecule has 0 bridgehead atoms. The fraction of sp³-hybridized carbons (Fsp3) is 0.615. The Morgan fingerprint density at radius 1 is 1.45 bits per heavy atom. The van der Waals surface area contributed by atoms with E-state index in [-0.39, 0.29) is 11.9 Å². The van der Waals surface area contributed by atoms with Gasteiger partial charge in [-0.3, -0.25) is 4.79 Å². The van der Waals surface area contributed by atoms with E-state index in [1.54, 1.807) is 0 Å². The molecular formula is C13H19ClN4O2. The van der Waals surface area contributed by atoms with Crippen molar-refractivity contribution in [3.05, 3.63) is 11.2 Å². The quantitative estimate of drug-likeness (QED) is 0.900. The summed E-state index contributed by atoms with van der Waals surface area (Å²) in [6.07, 6.45) is 5.34. The summed E-state index contributed by atoms with van der Waals surface area (Å²) in [7, 11) is 1.49. The van der Waals surface area contributed by atoms with Gasteiger partial charge in [0.2, 0.25) is 5.91 Å². The molecule has 0 spiro atoms. The van der Waals surface area contributed by atoms with E-state index < -0.39 is 0 Å². The summed E-state index contributed by atoms with van der Waals surface area (Å²) in [6.45, 7) is 2.25. The van der Waals surface area contributed by atoms with Gasteiger partial charge in [-0.05, 0) is 19.3 Å². The summed E-state index contributed by atoms with van der Waals surface area (Å²) in [6, 6.07) is 0.249. The molecule has 1 fully saturated rings. The van der Waals surface area contributed by atoms with Crippen molar-refractivity contribution in [2.45, 2.75) is 25.7 Å². The first-order chi connectivity index (χ1) is 9.70. The Kier molecular flexibility index (Phi) is 5.40. The summed E-state index contributed by atoms with van der Waals surface area (Å²) in [4.78, 5) is 21.9. The van der Waals surface area contributed by atoms with E-state index in [1.165, 1.54) is 19.7 Å². The minimum absolute atomic E-state index is 0.175. The summed E-state index contributed by atoms with van der Waals surface area (Å²) >= 11 is 5.98. The molecule has 1 aromatic rings. The van der Waals surface area contributed by atoms with E-state index in [2.05, 4.69) is 15.3 Å². The predicted octanol–water partition coefficient (Wildman–Crippen LogP) is 1.95. The van der Waals surface area contributed by atoms with Crippen molar-refractivity contribution in [3.63, 3.8) is 0 Å². The average molecular weight is 299 g/mol. The smallest absolute Gasteiger partial charge is 0.318 e. The number of rotatable bonds is 5. The van der Waals surface area contributed by atoms with Crippen molar-refractivity contribution in [2.75, 3.05) is 32.1 Å². The molecule has 0 unspecified atom stereocenters. The van der Waals surface area contributed by atoms with Crippen LogP contribution in [0.4, 0.5) is 5.82 Å². The van der Waals surface area contributed by atoms with Crippen LogP contribution in [0.1, 0.15) is 25.7 Å². The van der Waals surface area contributed by atoms with Crippen LogP contribution in [0.3, 0.4) is 0 Å². The molecule has 1 saturated heterocycles. The van der Waals surface area contributed by atoms with Gasteiger partial charge in [-0.2, -0.15) is 4.98 Å². The summed E-state index contributed by atoms with van der Waals surface area (Å²) in [5.41, 5.74) is 0. The number of aromatic nitrogens is 2. The lowest BCUT2D eigenvalue weighted by Gasteiger charge is -2.26. The maximum absolute atomic E-state index is 12.0. The monoisotopic (exact) mass is 298 g/mol. The van der Waals surface area contributed by atoms with Crippen molar-refractivity contribution in [1.29, 1.82) is 0 Å². The van der Waals surface area contributed by atoms with Gasteiger partial charge in [0.1, 0.15) is 5.02 Å². The van der Waals surface area contributed by atoms with E-state index in [0.717, 1.165) is 25.9 Å². The number of hydrogen-bond acceptors (Lipinski definition) is 5. The zero-order valence-electron chi connectivity index (χ0n) is 11.6. The second kappa shape index (κ2) is 7.28. The molecule has 0 aliphatic carbocycles. The van der Waals surface area contributed by atoms with E-state index in [0.29, 0.717) is 23.8 Å².